The van der Waals surface area contributed by atoms with Crippen LogP contribution in [-0.4, -0.2) is 22.8 Å². The Morgan fingerprint density at radius 2 is 1.94 bits per heavy atom. The van der Waals surface area contributed by atoms with E-state index in [4.69, 9.17) is 0 Å². The number of halogens is 3. The molecule has 1 aliphatic heterocycles. The highest BCUT2D eigenvalue weighted by molar-refractivity contribution is 5.81. The minimum Gasteiger partial charge on any atom is -0.363 e. The summed E-state index contributed by atoms with van der Waals surface area (Å²) < 4.78 is 38.5. The second kappa shape index (κ2) is 4.28. The fraction of sp³-hybridized carbons (Fsp3) is 0.417. The van der Waals surface area contributed by atoms with Crippen molar-refractivity contribution in [2.45, 2.75) is 31.3 Å². The van der Waals surface area contributed by atoms with Gasteiger partial charge in [-0.05, 0) is 12.5 Å². The van der Waals surface area contributed by atoms with Gasteiger partial charge in [-0.1, -0.05) is 30.3 Å². The van der Waals surface area contributed by atoms with E-state index in [1.807, 2.05) is 5.32 Å². The molecular formula is C12H13F3N2O. The number of hydrogen-bond donors (Lipinski definition) is 2. The average molecular weight is 258 g/mol. The van der Waals surface area contributed by atoms with Gasteiger partial charge in [0.25, 0.3) is 0 Å². The van der Waals surface area contributed by atoms with Gasteiger partial charge in [-0.3, -0.25) is 4.99 Å². The van der Waals surface area contributed by atoms with Gasteiger partial charge in [0.15, 0.2) is 0 Å². The minimum absolute atomic E-state index is 0.0786. The summed E-state index contributed by atoms with van der Waals surface area (Å²) in [5.41, 5.74) is -2.26. The van der Waals surface area contributed by atoms with Crippen LogP contribution in [0.5, 0.6) is 0 Å². The van der Waals surface area contributed by atoms with Crippen molar-refractivity contribution in [2.75, 3.05) is 0 Å². The molecule has 0 fully saturated rings. The molecule has 1 aromatic carbocycles. The van der Waals surface area contributed by atoms with Crippen LogP contribution in [-0.2, 0) is 0 Å². The first kappa shape index (κ1) is 12.9. The minimum atomic E-state index is -4.74. The standard InChI is InChI=1S/C12H13F3N2O/c1-8-16-10(9-5-3-2-4-6-9)7-11(18,17-8)12(13,14)15/h2-6,10,18H,7H2,1H3,(H,16,17)/t10-,11+/m0/s1. The topological polar surface area (TPSA) is 44.6 Å². The van der Waals surface area contributed by atoms with E-state index >= 15 is 0 Å². The molecule has 0 bridgehead atoms. The fourth-order valence-electron chi connectivity index (χ4n) is 2.00. The first-order valence-corrected chi connectivity index (χ1v) is 5.48. The molecule has 0 amide bonds. The number of nitrogens with zero attached hydrogens (tertiary/aromatic N) is 1. The van der Waals surface area contributed by atoms with E-state index < -0.39 is 24.4 Å². The number of alkyl halides is 3. The third-order valence-electron chi connectivity index (χ3n) is 2.88. The molecule has 1 aliphatic rings. The van der Waals surface area contributed by atoms with Crippen LogP contribution in [0.4, 0.5) is 13.2 Å². The van der Waals surface area contributed by atoms with E-state index in [1.165, 1.54) is 6.92 Å². The van der Waals surface area contributed by atoms with Crippen LogP contribution in [0.25, 0.3) is 0 Å². The molecular weight excluding hydrogens is 245 g/mol. The molecule has 2 rings (SSSR count). The molecule has 1 aromatic rings. The Labute approximate surface area is 102 Å². The largest absolute Gasteiger partial charge is 0.436 e. The lowest BCUT2D eigenvalue weighted by Gasteiger charge is -2.37. The molecule has 0 saturated carbocycles. The number of aliphatic hydroxyl groups is 1. The molecule has 0 saturated heterocycles. The predicted molar refractivity (Wildman–Crippen MR) is 61.0 cm³/mol. The Bertz CT molecular complexity index is 458. The molecule has 0 radical (unpaired) electrons. The maximum Gasteiger partial charge on any atom is 0.436 e. The quantitative estimate of drug-likeness (QED) is 0.812. The van der Waals surface area contributed by atoms with E-state index in [9.17, 15) is 18.3 Å². The lowest BCUT2D eigenvalue weighted by Crippen LogP contribution is -2.60. The Morgan fingerprint density at radius 1 is 1.33 bits per heavy atom. The van der Waals surface area contributed by atoms with Gasteiger partial charge in [-0.15, -0.1) is 0 Å². The summed E-state index contributed by atoms with van der Waals surface area (Å²) in [6.45, 7) is 1.41. The summed E-state index contributed by atoms with van der Waals surface area (Å²) in [5.74, 6) is 0.0786. The normalized spacial score (nSPS) is 28.5. The zero-order valence-corrected chi connectivity index (χ0v) is 9.70. The highest BCUT2D eigenvalue weighted by Crippen LogP contribution is 2.39. The molecule has 3 nitrogen and oxygen atoms in total. The maximum absolute atomic E-state index is 12.8. The van der Waals surface area contributed by atoms with Crippen LogP contribution in [0.15, 0.2) is 35.3 Å². The van der Waals surface area contributed by atoms with E-state index in [2.05, 4.69) is 4.99 Å². The van der Waals surface area contributed by atoms with Crippen molar-refractivity contribution < 1.29 is 18.3 Å². The van der Waals surface area contributed by atoms with Crippen LogP contribution in [0.2, 0.25) is 0 Å². The Balaban J connectivity index is 2.33. The van der Waals surface area contributed by atoms with Crippen molar-refractivity contribution >= 4 is 5.84 Å². The molecule has 0 unspecified atom stereocenters. The summed E-state index contributed by atoms with van der Waals surface area (Å²) in [4.78, 5) is 4.11. The molecule has 98 valence electrons. The van der Waals surface area contributed by atoms with Gasteiger partial charge in [0, 0.05) is 6.42 Å². The summed E-state index contributed by atoms with van der Waals surface area (Å²) in [6, 6.07) is 7.94. The van der Waals surface area contributed by atoms with Crippen LogP contribution >= 0.6 is 0 Å². The zero-order valence-electron chi connectivity index (χ0n) is 9.70. The van der Waals surface area contributed by atoms with Crippen LogP contribution < -0.4 is 5.32 Å². The summed E-state index contributed by atoms with van der Waals surface area (Å²) in [6.07, 6.45) is -5.27. The summed E-state index contributed by atoms with van der Waals surface area (Å²) >= 11 is 0. The first-order valence-electron chi connectivity index (χ1n) is 5.48. The number of hydrogen-bond acceptors (Lipinski definition) is 3. The first-order chi connectivity index (χ1) is 8.32. The van der Waals surface area contributed by atoms with Crippen LogP contribution in [0.1, 0.15) is 24.9 Å². The third-order valence-corrected chi connectivity index (χ3v) is 2.88. The number of benzene rings is 1. The van der Waals surface area contributed by atoms with Crippen molar-refractivity contribution in [1.82, 2.24) is 5.32 Å². The smallest absolute Gasteiger partial charge is 0.363 e. The number of amidine groups is 1. The van der Waals surface area contributed by atoms with Gasteiger partial charge in [0.1, 0.15) is 0 Å². The Morgan fingerprint density at radius 3 is 2.50 bits per heavy atom. The number of rotatable bonds is 1. The SMILES string of the molecule is CC1=N[C@H](c2ccccc2)C[C@@](O)(C(F)(F)F)N1. The second-order valence-electron chi connectivity index (χ2n) is 4.33. The van der Waals surface area contributed by atoms with Crippen molar-refractivity contribution in [2.24, 2.45) is 4.99 Å². The average Bonchev–Trinajstić information content (AvgIpc) is 2.27. The molecule has 2 N–H and O–H groups in total. The molecule has 18 heavy (non-hydrogen) atoms. The van der Waals surface area contributed by atoms with Crippen LogP contribution in [0, 0.1) is 0 Å². The zero-order chi connectivity index (χ0) is 13.4. The van der Waals surface area contributed by atoms with Gasteiger partial charge in [-0.25, -0.2) is 0 Å². The predicted octanol–water partition coefficient (Wildman–Crippen LogP) is 2.39. The van der Waals surface area contributed by atoms with Crippen LogP contribution in [0.3, 0.4) is 0 Å². The van der Waals surface area contributed by atoms with Crippen molar-refractivity contribution in [3.63, 3.8) is 0 Å². The lowest BCUT2D eigenvalue weighted by molar-refractivity contribution is -0.272. The van der Waals surface area contributed by atoms with Gasteiger partial charge in [0.05, 0.1) is 11.9 Å². The molecule has 0 spiro atoms. The maximum atomic E-state index is 12.8. The van der Waals surface area contributed by atoms with Crippen molar-refractivity contribution in [3.05, 3.63) is 35.9 Å². The van der Waals surface area contributed by atoms with Crippen molar-refractivity contribution in [3.8, 4) is 0 Å². The van der Waals surface area contributed by atoms with Gasteiger partial charge in [0.2, 0.25) is 5.72 Å². The van der Waals surface area contributed by atoms with E-state index in [0.717, 1.165) is 0 Å². The molecule has 1 heterocycles. The summed E-state index contributed by atoms with van der Waals surface area (Å²) in [5, 5.41) is 11.7. The van der Waals surface area contributed by atoms with E-state index in [1.54, 1.807) is 30.3 Å². The van der Waals surface area contributed by atoms with Gasteiger partial charge in [-0.2, -0.15) is 13.2 Å². The van der Waals surface area contributed by atoms with Gasteiger partial charge < -0.3 is 10.4 Å². The van der Waals surface area contributed by atoms with Crippen molar-refractivity contribution in [1.29, 1.82) is 0 Å². The molecule has 0 aliphatic carbocycles. The second-order valence-corrected chi connectivity index (χ2v) is 4.33. The van der Waals surface area contributed by atoms with E-state index in [-0.39, 0.29) is 5.84 Å². The third kappa shape index (κ3) is 2.33. The fourth-order valence-corrected chi connectivity index (χ4v) is 2.00. The Kier molecular flexibility index (Phi) is 3.06. The monoisotopic (exact) mass is 258 g/mol. The highest BCUT2D eigenvalue weighted by Gasteiger charge is 2.56. The molecule has 0 aromatic heterocycles. The van der Waals surface area contributed by atoms with Gasteiger partial charge >= 0.3 is 6.18 Å². The summed E-state index contributed by atoms with van der Waals surface area (Å²) in [7, 11) is 0. The molecule has 2 atom stereocenters. The number of nitrogens with one attached hydrogen (secondary N) is 1. The lowest BCUT2D eigenvalue weighted by atomic mass is 9.95. The molecule has 6 heteroatoms. The Hall–Kier alpha value is -1.56. The van der Waals surface area contributed by atoms with E-state index in [0.29, 0.717) is 5.56 Å². The number of aliphatic imine (C=N–C) groups is 1. The highest BCUT2D eigenvalue weighted by atomic mass is 19.4.